The number of rotatable bonds is 3. The number of aldehydes is 1. The van der Waals surface area contributed by atoms with Gasteiger partial charge >= 0.3 is 0 Å². The smallest absolute Gasteiger partial charge is 0.151 e. The Labute approximate surface area is 94.7 Å². The lowest BCUT2D eigenvalue weighted by Gasteiger charge is -2.06. The van der Waals surface area contributed by atoms with Crippen LogP contribution < -0.4 is 0 Å². The SMILES string of the molecule is Cc1ccc(Cn2c(C)cc(C=O)c2C)o1. The van der Waals surface area contributed by atoms with Gasteiger partial charge in [0.1, 0.15) is 11.5 Å². The van der Waals surface area contributed by atoms with Crippen LogP contribution in [0.1, 0.15) is 33.3 Å². The maximum Gasteiger partial charge on any atom is 0.151 e. The number of carbonyl (C=O) groups excluding carboxylic acids is 1. The lowest BCUT2D eigenvalue weighted by molar-refractivity contribution is 0.112. The van der Waals surface area contributed by atoms with E-state index in [-0.39, 0.29) is 0 Å². The van der Waals surface area contributed by atoms with Crippen molar-refractivity contribution in [2.75, 3.05) is 0 Å². The van der Waals surface area contributed by atoms with Crippen molar-refractivity contribution in [2.24, 2.45) is 0 Å². The third-order valence-corrected chi connectivity index (χ3v) is 2.85. The zero-order valence-corrected chi connectivity index (χ0v) is 9.78. The average molecular weight is 217 g/mol. The van der Waals surface area contributed by atoms with E-state index < -0.39 is 0 Å². The Kier molecular flexibility index (Phi) is 2.69. The van der Waals surface area contributed by atoms with E-state index in [1.165, 1.54) is 0 Å². The highest BCUT2D eigenvalue weighted by atomic mass is 16.3. The third-order valence-electron chi connectivity index (χ3n) is 2.85. The lowest BCUT2D eigenvalue weighted by atomic mass is 10.3. The van der Waals surface area contributed by atoms with Crippen LogP contribution in [0.15, 0.2) is 22.6 Å². The minimum atomic E-state index is 0.680. The molecule has 0 atom stereocenters. The van der Waals surface area contributed by atoms with Crippen LogP contribution in [0.25, 0.3) is 0 Å². The minimum Gasteiger partial charge on any atom is -0.464 e. The minimum absolute atomic E-state index is 0.680. The quantitative estimate of drug-likeness (QED) is 0.741. The number of aryl methyl sites for hydroxylation is 2. The Balaban J connectivity index is 2.34. The van der Waals surface area contributed by atoms with E-state index in [1.54, 1.807) is 0 Å². The fourth-order valence-corrected chi connectivity index (χ4v) is 1.92. The van der Waals surface area contributed by atoms with Gasteiger partial charge in [0, 0.05) is 17.0 Å². The van der Waals surface area contributed by atoms with Crippen molar-refractivity contribution < 1.29 is 9.21 Å². The summed E-state index contributed by atoms with van der Waals surface area (Å²) in [6, 6.07) is 5.82. The van der Waals surface area contributed by atoms with Gasteiger partial charge in [0.05, 0.1) is 6.54 Å². The molecule has 0 aliphatic heterocycles. The summed E-state index contributed by atoms with van der Waals surface area (Å²) in [6.45, 7) is 6.55. The second-order valence-electron chi connectivity index (χ2n) is 4.04. The van der Waals surface area contributed by atoms with E-state index in [2.05, 4.69) is 4.57 Å². The van der Waals surface area contributed by atoms with Crippen LogP contribution in [0.2, 0.25) is 0 Å². The highest BCUT2D eigenvalue weighted by Gasteiger charge is 2.09. The van der Waals surface area contributed by atoms with Gasteiger partial charge in [-0.05, 0) is 39.0 Å². The molecule has 0 aliphatic carbocycles. The van der Waals surface area contributed by atoms with Crippen LogP contribution in [-0.4, -0.2) is 10.9 Å². The van der Waals surface area contributed by atoms with Crippen LogP contribution in [0, 0.1) is 20.8 Å². The molecular weight excluding hydrogens is 202 g/mol. The summed E-state index contributed by atoms with van der Waals surface area (Å²) in [7, 11) is 0. The highest BCUT2D eigenvalue weighted by Crippen LogP contribution is 2.16. The molecular formula is C13H15NO2. The van der Waals surface area contributed by atoms with Crippen LogP contribution >= 0.6 is 0 Å². The molecule has 0 saturated carbocycles. The summed E-state index contributed by atoms with van der Waals surface area (Å²) in [6.07, 6.45) is 0.895. The second-order valence-corrected chi connectivity index (χ2v) is 4.04. The molecule has 3 nitrogen and oxygen atoms in total. The summed E-state index contributed by atoms with van der Waals surface area (Å²) in [5.41, 5.74) is 2.82. The molecule has 0 amide bonds. The van der Waals surface area contributed by atoms with Gasteiger partial charge in [-0.2, -0.15) is 0 Å². The highest BCUT2D eigenvalue weighted by molar-refractivity contribution is 5.77. The zero-order chi connectivity index (χ0) is 11.7. The summed E-state index contributed by atoms with van der Waals surface area (Å²) < 4.78 is 7.62. The second kappa shape index (κ2) is 4.00. The first-order chi connectivity index (χ1) is 7.61. The van der Waals surface area contributed by atoms with Crippen molar-refractivity contribution in [3.8, 4) is 0 Å². The Bertz CT molecular complexity index is 520. The van der Waals surface area contributed by atoms with Gasteiger partial charge in [0.2, 0.25) is 0 Å². The topological polar surface area (TPSA) is 35.1 Å². The average Bonchev–Trinajstić information content (AvgIpc) is 2.77. The van der Waals surface area contributed by atoms with Gasteiger partial charge in [0.15, 0.2) is 6.29 Å². The first kappa shape index (κ1) is 10.7. The number of nitrogens with zero attached hydrogens (tertiary/aromatic N) is 1. The molecule has 84 valence electrons. The van der Waals surface area contributed by atoms with Crippen molar-refractivity contribution in [3.05, 3.63) is 46.7 Å². The Hall–Kier alpha value is -1.77. The maximum atomic E-state index is 10.8. The molecule has 2 heterocycles. The fourth-order valence-electron chi connectivity index (χ4n) is 1.92. The van der Waals surface area contributed by atoms with Gasteiger partial charge in [-0.25, -0.2) is 0 Å². The predicted molar refractivity (Wildman–Crippen MR) is 61.8 cm³/mol. The molecule has 0 radical (unpaired) electrons. The zero-order valence-electron chi connectivity index (χ0n) is 9.78. The largest absolute Gasteiger partial charge is 0.464 e. The first-order valence-corrected chi connectivity index (χ1v) is 5.29. The normalized spacial score (nSPS) is 10.7. The van der Waals surface area contributed by atoms with Gasteiger partial charge in [0.25, 0.3) is 0 Å². The van der Waals surface area contributed by atoms with Crippen LogP contribution in [0.5, 0.6) is 0 Å². The standard InChI is InChI=1S/C13H15NO2/c1-9-6-12(8-15)11(3)14(9)7-13-5-4-10(2)16-13/h4-6,8H,7H2,1-3H3. The molecule has 0 N–H and O–H groups in total. The van der Waals surface area contributed by atoms with Crippen LogP contribution in [-0.2, 0) is 6.54 Å². The number of aromatic nitrogens is 1. The van der Waals surface area contributed by atoms with E-state index in [4.69, 9.17) is 4.42 Å². The van der Waals surface area contributed by atoms with Gasteiger partial charge in [-0.15, -0.1) is 0 Å². The molecule has 0 saturated heterocycles. The molecule has 16 heavy (non-hydrogen) atoms. The van der Waals surface area contributed by atoms with Gasteiger partial charge in [-0.1, -0.05) is 0 Å². The fraction of sp³-hybridized carbons (Fsp3) is 0.308. The summed E-state index contributed by atoms with van der Waals surface area (Å²) >= 11 is 0. The molecule has 0 spiro atoms. The molecule has 0 unspecified atom stereocenters. The summed E-state index contributed by atoms with van der Waals surface area (Å²) in [4.78, 5) is 10.8. The van der Waals surface area contributed by atoms with E-state index in [0.717, 1.165) is 34.8 Å². The number of hydrogen-bond acceptors (Lipinski definition) is 2. The van der Waals surface area contributed by atoms with E-state index in [9.17, 15) is 4.79 Å². The monoisotopic (exact) mass is 217 g/mol. The van der Waals surface area contributed by atoms with E-state index >= 15 is 0 Å². The van der Waals surface area contributed by atoms with Crippen LogP contribution in [0.4, 0.5) is 0 Å². The molecule has 0 aliphatic rings. The molecule has 0 bridgehead atoms. The molecule has 3 heteroatoms. The summed E-state index contributed by atoms with van der Waals surface area (Å²) in [5.74, 6) is 1.82. The molecule has 2 aromatic heterocycles. The number of furan rings is 1. The number of hydrogen-bond donors (Lipinski definition) is 0. The van der Waals surface area contributed by atoms with Crippen molar-refractivity contribution >= 4 is 6.29 Å². The number of carbonyl (C=O) groups is 1. The first-order valence-electron chi connectivity index (χ1n) is 5.29. The Morgan fingerprint density at radius 1 is 1.31 bits per heavy atom. The van der Waals surface area contributed by atoms with Crippen LogP contribution in [0.3, 0.4) is 0 Å². The third kappa shape index (κ3) is 1.81. The molecule has 0 fully saturated rings. The van der Waals surface area contributed by atoms with E-state index in [0.29, 0.717) is 6.54 Å². The molecule has 0 aromatic carbocycles. The predicted octanol–water partition coefficient (Wildman–Crippen LogP) is 2.87. The van der Waals surface area contributed by atoms with Gasteiger partial charge < -0.3 is 8.98 Å². The Morgan fingerprint density at radius 3 is 2.56 bits per heavy atom. The Morgan fingerprint density at radius 2 is 2.06 bits per heavy atom. The lowest BCUT2D eigenvalue weighted by Crippen LogP contribution is -2.03. The van der Waals surface area contributed by atoms with Crippen molar-refractivity contribution in [1.29, 1.82) is 0 Å². The van der Waals surface area contributed by atoms with Crippen molar-refractivity contribution in [2.45, 2.75) is 27.3 Å². The van der Waals surface area contributed by atoms with Crippen molar-refractivity contribution in [3.63, 3.8) is 0 Å². The van der Waals surface area contributed by atoms with Crippen molar-refractivity contribution in [1.82, 2.24) is 4.57 Å². The molecule has 2 rings (SSSR count). The van der Waals surface area contributed by atoms with E-state index in [1.807, 2.05) is 39.0 Å². The maximum absolute atomic E-state index is 10.8. The van der Waals surface area contributed by atoms with Gasteiger partial charge in [-0.3, -0.25) is 4.79 Å². The molecule has 2 aromatic rings. The summed E-state index contributed by atoms with van der Waals surface area (Å²) in [5, 5.41) is 0.